The lowest BCUT2D eigenvalue weighted by Gasteiger charge is -2.32. The van der Waals surface area contributed by atoms with Crippen LogP contribution in [-0.4, -0.2) is 46.6 Å². The summed E-state index contributed by atoms with van der Waals surface area (Å²) in [7, 11) is 0. The predicted octanol–water partition coefficient (Wildman–Crippen LogP) is 4.22. The first-order chi connectivity index (χ1) is 16.0. The van der Waals surface area contributed by atoms with Crippen LogP contribution in [0.25, 0.3) is 11.1 Å². The van der Waals surface area contributed by atoms with E-state index in [1.165, 1.54) is 6.07 Å². The summed E-state index contributed by atoms with van der Waals surface area (Å²) in [4.78, 5) is 22.1. The first-order valence-electron chi connectivity index (χ1n) is 11.1. The molecular formula is C25H24ClFN4O2. The number of aldehydes is 1. The summed E-state index contributed by atoms with van der Waals surface area (Å²) in [5, 5.41) is 13.1. The first kappa shape index (κ1) is 21.8. The Kier molecular flexibility index (Phi) is 6.00. The van der Waals surface area contributed by atoms with E-state index in [1.54, 1.807) is 24.5 Å². The van der Waals surface area contributed by atoms with Gasteiger partial charge >= 0.3 is 0 Å². The lowest BCUT2D eigenvalue weighted by Crippen LogP contribution is -2.39. The largest absolute Gasteiger partial charge is 0.393 e. The van der Waals surface area contributed by atoms with Gasteiger partial charge in [0.25, 0.3) is 0 Å². The highest BCUT2D eigenvalue weighted by molar-refractivity contribution is 6.30. The summed E-state index contributed by atoms with van der Waals surface area (Å²) in [6.45, 7) is 0.972. The number of anilines is 2. The number of aliphatic hydroxyl groups excluding tert-OH is 1. The van der Waals surface area contributed by atoms with E-state index in [0.29, 0.717) is 54.6 Å². The second-order valence-electron chi connectivity index (χ2n) is 8.68. The van der Waals surface area contributed by atoms with E-state index in [9.17, 15) is 9.90 Å². The maximum absolute atomic E-state index is 15.3. The molecule has 1 unspecified atom stereocenters. The van der Waals surface area contributed by atoms with Crippen LogP contribution in [0.1, 0.15) is 29.9 Å². The molecule has 8 heteroatoms. The highest BCUT2D eigenvalue weighted by atomic mass is 35.5. The van der Waals surface area contributed by atoms with Gasteiger partial charge in [-0.05, 0) is 66.3 Å². The van der Waals surface area contributed by atoms with E-state index in [4.69, 9.17) is 11.6 Å². The first-order valence-corrected chi connectivity index (χ1v) is 11.4. The van der Waals surface area contributed by atoms with Crippen molar-refractivity contribution in [2.75, 3.05) is 23.3 Å². The van der Waals surface area contributed by atoms with Crippen molar-refractivity contribution < 1.29 is 14.3 Å². The van der Waals surface area contributed by atoms with Crippen LogP contribution in [0.4, 0.5) is 15.9 Å². The van der Waals surface area contributed by atoms with E-state index in [2.05, 4.69) is 15.3 Å². The monoisotopic (exact) mass is 466 g/mol. The Hall–Kier alpha value is -3.03. The highest BCUT2D eigenvalue weighted by Crippen LogP contribution is 2.37. The van der Waals surface area contributed by atoms with Crippen molar-refractivity contribution in [1.29, 1.82) is 0 Å². The molecule has 0 radical (unpaired) electrons. The second-order valence-corrected chi connectivity index (χ2v) is 9.04. The number of hydrogen-bond donors (Lipinski definition) is 2. The van der Waals surface area contributed by atoms with Gasteiger partial charge in [-0.15, -0.1) is 0 Å². The smallest absolute Gasteiger partial charge is 0.147 e. The molecule has 33 heavy (non-hydrogen) atoms. The molecule has 3 aromatic rings. The Morgan fingerprint density at radius 2 is 2.06 bits per heavy atom. The molecule has 6 nitrogen and oxygen atoms in total. The number of aromatic nitrogens is 2. The number of pyridine rings is 2. The molecule has 1 aliphatic heterocycles. The van der Waals surface area contributed by atoms with Crippen molar-refractivity contribution in [1.82, 2.24) is 9.97 Å². The van der Waals surface area contributed by atoms with Crippen LogP contribution in [0, 0.1) is 5.82 Å². The summed E-state index contributed by atoms with van der Waals surface area (Å²) in [5.41, 5.74) is 3.77. The molecule has 2 aromatic heterocycles. The molecular weight excluding hydrogens is 443 g/mol. The number of carbonyl (C=O) groups excluding carboxylic acids is 1. The van der Waals surface area contributed by atoms with Crippen LogP contribution in [0.3, 0.4) is 0 Å². The van der Waals surface area contributed by atoms with Crippen molar-refractivity contribution in [3.8, 4) is 11.1 Å². The van der Waals surface area contributed by atoms with Gasteiger partial charge in [-0.2, -0.15) is 0 Å². The average molecular weight is 467 g/mol. The van der Waals surface area contributed by atoms with Gasteiger partial charge in [0.2, 0.25) is 0 Å². The van der Waals surface area contributed by atoms with Crippen LogP contribution in [0.15, 0.2) is 48.8 Å². The van der Waals surface area contributed by atoms with Crippen LogP contribution >= 0.6 is 11.6 Å². The number of nitrogens with one attached hydrogen (secondary N) is 1. The third kappa shape index (κ3) is 4.43. The molecule has 2 N–H and O–H groups in total. The number of rotatable bonds is 7. The maximum Gasteiger partial charge on any atom is 0.147 e. The van der Waals surface area contributed by atoms with Crippen LogP contribution < -0.4 is 10.2 Å². The summed E-state index contributed by atoms with van der Waals surface area (Å²) >= 11 is 6.18. The SMILES string of the molecule is O=CC(CN1CCc2cc(-c3ccnc(NC4CC(O)C4)c3)cc(F)c21)c1cccnc1Cl. The Balaban J connectivity index is 1.37. The molecule has 170 valence electrons. The molecule has 3 heterocycles. The van der Waals surface area contributed by atoms with Crippen molar-refractivity contribution in [3.63, 3.8) is 0 Å². The van der Waals surface area contributed by atoms with Crippen molar-refractivity contribution in [2.24, 2.45) is 0 Å². The zero-order chi connectivity index (χ0) is 22.9. The van der Waals surface area contributed by atoms with Gasteiger partial charge < -0.3 is 20.1 Å². The molecule has 1 aromatic carbocycles. The molecule has 1 aliphatic carbocycles. The van der Waals surface area contributed by atoms with Gasteiger partial charge in [-0.25, -0.2) is 14.4 Å². The van der Waals surface area contributed by atoms with E-state index in [-0.39, 0.29) is 18.0 Å². The van der Waals surface area contributed by atoms with Crippen LogP contribution in [-0.2, 0) is 11.2 Å². The minimum Gasteiger partial charge on any atom is -0.393 e. The number of hydrogen-bond acceptors (Lipinski definition) is 6. The van der Waals surface area contributed by atoms with E-state index >= 15 is 4.39 Å². The molecule has 1 fully saturated rings. The Morgan fingerprint density at radius 3 is 2.82 bits per heavy atom. The fourth-order valence-corrected chi connectivity index (χ4v) is 4.91. The van der Waals surface area contributed by atoms with Gasteiger partial charge in [-0.1, -0.05) is 17.7 Å². The van der Waals surface area contributed by atoms with Gasteiger partial charge in [-0.3, -0.25) is 0 Å². The number of benzene rings is 1. The van der Waals surface area contributed by atoms with Gasteiger partial charge in [0.1, 0.15) is 23.1 Å². The molecule has 0 spiro atoms. The zero-order valence-corrected chi connectivity index (χ0v) is 18.7. The molecule has 5 rings (SSSR count). The summed E-state index contributed by atoms with van der Waals surface area (Å²) < 4.78 is 15.3. The molecule has 0 saturated heterocycles. The second kappa shape index (κ2) is 9.08. The van der Waals surface area contributed by atoms with Crippen LogP contribution in [0.2, 0.25) is 5.15 Å². The quantitative estimate of drug-likeness (QED) is 0.401. The van der Waals surface area contributed by atoms with Gasteiger partial charge in [0, 0.05) is 37.1 Å². The summed E-state index contributed by atoms with van der Waals surface area (Å²) in [5.74, 6) is -0.0837. The molecule has 0 amide bonds. The lowest BCUT2D eigenvalue weighted by atomic mass is 9.89. The third-order valence-electron chi connectivity index (χ3n) is 6.44. The van der Waals surface area contributed by atoms with E-state index in [1.807, 2.05) is 23.1 Å². The lowest BCUT2D eigenvalue weighted by molar-refractivity contribution is -0.108. The van der Waals surface area contributed by atoms with Crippen molar-refractivity contribution >= 4 is 29.4 Å². The van der Waals surface area contributed by atoms with Crippen LogP contribution in [0.5, 0.6) is 0 Å². The highest BCUT2D eigenvalue weighted by Gasteiger charge is 2.29. The Labute approximate surface area is 196 Å². The van der Waals surface area contributed by atoms with Crippen molar-refractivity contribution in [3.05, 3.63) is 70.9 Å². The topological polar surface area (TPSA) is 78.4 Å². The summed E-state index contributed by atoms with van der Waals surface area (Å²) in [6.07, 6.45) is 6.00. The molecule has 2 aliphatic rings. The minimum absolute atomic E-state index is 0.215. The number of carbonyl (C=O) groups is 1. The number of aliphatic hydroxyl groups is 1. The molecule has 1 atom stereocenters. The maximum atomic E-state index is 15.3. The number of nitrogens with zero attached hydrogens (tertiary/aromatic N) is 3. The number of halogens is 2. The van der Waals surface area contributed by atoms with Gasteiger partial charge in [0.05, 0.1) is 17.7 Å². The Morgan fingerprint density at radius 1 is 1.21 bits per heavy atom. The normalized spacial score (nSPS) is 20.2. The number of fused-ring (bicyclic) bond motifs is 1. The van der Waals surface area contributed by atoms with Crippen molar-refractivity contribution in [2.45, 2.75) is 37.3 Å². The molecule has 1 saturated carbocycles. The van der Waals surface area contributed by atoms with Gasteiger partial charge in [0.15, 0.2) is 0 Å². The standard InChI is InChI=1S/C25H24ClFN4O2/c26-25-21(2-1-5-29-25)18(14-32)13-31-7-4-16-8-17(9-22(27)24(16)31)15-3-6-28-23(10-15)30-19-11-20(33)12-19/h1-3,5-6,8-10,14,18-20,33H,4,7,11-13H2,(H,28,30). The fourth-order valence-electron chi connectivity index (χ4n) is 4.65. The fraction of sp³-hybridized carbons (Fsp3) is 0.320. The third-order valence-corrected chi connectivity index (χ3v) is 6.75. The summed E-state index contributed by atoms with van der Waals surface area (Å²) in [6, 6.07) is 11.1. The van der Waals surface area contributed by atoms with E-state index in [0.717, 1.165) is 23.0 Å². The molecule has 0 bridgehead atoms. The predicted molar refractivity (Wildman–Crippen MR) is 126 cm³/mol. The zero-order valence-electron chi connectivity index (χ0n) is 17.9. The Bertz CT molecular complexity index is 1180. The van der Waals surface area contributed by atoms with E-state index < -0.39 is 5.92 Å². The minimum atomic E-state index is -0.491. The average Bonchev–Trinajstić information content (AvgIpc) is 3.20.